The van der Waals surface area contributed by atoms with Crippen LogP contribution in [0.2, 0.25) is 0 Å². The van der Waals surface area contributed by atoms with Crippen LogP contribution in [0.25, 0.3) is 0 Å². The summed E-state index contributed by atoms with van der Waals surface area (Å²) in [6.45, 7) is 4.05. The van der Waals surface area contributed by atoms with E-state index in [0.717, 1.165) is 0 Å². The van der Waals surface area contributed by atoms with Crippen molar-refractivity contribution in [3.63, 3.8) is 0 Å². The Morgan fingerprint density at radius 2 is 2.13 bits per heavy atom. The molecular weight excluding hydrogens is 218 g/mol. The van der Waals surface area contributed by atoms with Crippen LogP contribution in [0.1, 0.15) is 13.3 Å². The third kappa shape index (κ3) is 6.80. The molecule has 6 nitrogen and oxygen atoms in total. The summed E-state index contributed by atoms with van der Waals surface area (Å²) in [4.78, 5) is 0. The van der Waals surface area contributed by atoms with Crippen LogP contribution >= 0.6 is 0 Å². The minimum atomic E-state index is -3.37. The molecule has 0 rings (SSSR count). The van der Waals surface area contributed by atoms with Crippen LogP contribution in [-0.2, 0) is 14.9 Å². The van der Waals surface area contributed by atoms with Crippen LogP contribution in [0.3, 0.4) is 0 Å². The summed E-state index contributed by atoms with van der Waals surface area (Å²) < 4.78 is 31.8. The highest BCUT2D eigenvalue weighted by molar-refractivity contribution is 7.87. The van der Waals surface area contributed by atoms with E-state index in [2.05, 4.69) is 4.72 Å². The lowest BCUT2D eigenvalue weighted by Gasteiger charge is -2.17. The first-order valence-electron chi connectivity index (χ1n) is 5.03. The minimum absolute atomic E-state index is 0.295. The molecule has 0 fully saturated rings. The highest BCUT2D eigenvalue weighted by atomic mass is 32.2. The quantitative estimate of drug-likeness (QED) is 0.513. The van der Waals surface area contributed by atoms with E-state index < -0.39 is 10.2 Å². The zero-order valence-electron chi connectivity index (χ0n) is 9.40. The van der Waals surface area contributed by atoms with E-state index in [9.17, 15) is 8.42 Å². The first-order valence-corrected chi connectivity index (χ1v) is 6.47. The molecule has 0 saturated heterocycles. The number of nitrogens with two attached hydrogens (primary N) is 1. The van der Waals surface area contributed by atoms with Gasteiger partial charge in [-0.1, -0.05) is 0 Å². The molecule has 0 atom stereocenters. The van der Waals surface area contributed by atoms with Gasteiger partial charge in [-0.3, -0.25) is 0 Å². The molecule has 0 aliphatic rings. The lowest BCUT2D eigenvalue weighted by atomic mass is 10.4. The number of ether oxygens (including phenoxy) is 1. The molecule has 0 aromatic heterocycles. The Hall–Kier alpha value is -0.210. The summed E-state index contributed by atoms with van der Waals surface area (Å²) in [5.41, 5.74) is 5.30. The molecule has 7 heteroatoms. The van der Waals surface area contributed by atoms with Gasteiger partial charge in [0.2, 0.25) is 0 Å². The summed E-state index contributed by atoms with van der Waals surface area (Å²) in [5, 5.41) is 0. The highest BCUT2D eigenvalue weighted by Crippen LogP contribution is 1.94. The molecule has 0 spiro atoms. The lowest BCUT2D eigenvalue weighted by Crippen LogP contribution is -2.40. The molecule has 0 aromatic carbocycles. The fourth-order valence-electron chi connectivity index (χ4n) is 0.931. The molecule has 0 aromatic rings. The van der Waals surface area contributed by atoms with Gasteiger partial charge in [0.1, 0.15) is 0 Å². The summed E-state index contributed by atoms with van der Waals surface area (Å²) >= 11 is 0. The second-order valence-corrected chi connectivity index (χ2v) is 4.92. The Balaban J connectivity index is 3.84. The second-order valence-electron chi connectivity index (χ2n) is 3.06. The van der Waals surface area contributed by atoms with Gasteiger partial charge in [-0.2, -0.15) is 17.4 Å². The van der Waals surface area contributed by atoms with Crippen molar-refractivity contribution in [3.8, 4) is 0 Å². The summed E-state index contributed by atoms with van der Waals surface area (Å²) in [5.74, 6) is 0. The van der Waals surface area contributed by atoms with Gasteiger partial charge in [-0.15, -0.1) is 0 Å². The molecule has 0 unspecified atom stereocenters. The van der Waals surface area contributed by atoms with E-state index in [-0.39, 0.29) is 0 Å². The molecule has 0 bridgehead atoms. The third-order valence-corrected chi connectivity index (χ3v) is 3.39. The third-order valence-electron chi connectivity index (χ3n) is 1.82. The fraction of sp³-hybridized carbons (Fsp3) is 1.00. The van der Waals surface area contributed by atoms with Gasteiger partial charge >= 0.3 is 0 Å². The van der Waals surface area contributed by atoms with E-state index >= 15 is 0 Å². The van der Waals surface area contributed by atoms with Crippen LogP contribution in [-0.4, -0.2) is 52.6 Å². The Morgan fingerprint density at radius 3 is 2.67 bits per heavy atom. The molecule has 0 saturated carbocycles. The van der Waals surface area contributed by atoms with Crippen molar-refractivity contribution in [2.24, 2.45) is 5.73 Å². The molecular formula is C8H21N3O3S. The van der Waals surface area contributed by atoms with Crippen molar-refractivity contribution in [3.05, 3.63) is 0 Å². The Kier molecular flexibility index (Phi) is 7.89. The van der Waals surface area contributed by atoms with Crippen LogP contribution in [0.4, 0.5) is 0 Å². The zero-order valence-corrected chi connectivity index (χ0v) is 10.2. The van der Waals surface area contributed by atoms with Crippen molar-refractivity contribution in [1.82, 2.24) is 9.03 Å². The van der Waals surface area contributed by atoms with E-state index in [1.165, 1.54) is 11.4 Å². The smallest absolute Gasteiger partial charge is 0.279 e. The van der Waals surface area contributed by atoms with Crippen LogP contribution in [0, 0.1) is 0 Å². The van der Waals surface area contributed by atoms with Crippen molar-refractivity contribution < 1.29 is 13.2 Å². The molecule has 0 amide bonds. The number of nitrogens with zero attached hydrogens (tertiary/aromatic N) is 1. The van der Waals surface area contributed by atoms with Gasteiger partial charge < -0.3 is 10.5 Å². The Morgan fingerprint density at radius 1 is 1.47 bits per heavy atom. The maximum Gasteiger partial charge on any atom is 0.279 e. The van der Waals surface area contributed by atoms with Crippen LogP contribution < -0.4 is 10.5 Å². The molecule has 92 valence electrons. The van der Waals surface area contributed by atoms with Crippen molar-refractivity contribution in [1.29, 1.82) is 0 Å². The molecule has 0 radical (unpaired) electrons. The van der Waals surface area contributed by atoms with E-state index in [0.29, 0.717) is 39.3 Å². The average molecular weight is 239 g/mol. The van der Waals surface area contributed by atoms with Crippen molar-refractivity contribution in [2.45, 2.75) is 13.3 Å². The minimum Gasteiger partial charge on any atom is -0.380 e. The lowest BCUT2D eigenvalue weighted by molar-refractivity contribution is 0.152. The van der Waals surface area contributed by atoms with E-state index in [4.69, 9.17) is 10.5 Å². The van der Waals surface area contributed by atoms with Crippen molar-refractivity contribution in [2.75, 3.05) is 39.9 Å². The summed E-state index contributed by atoms with van der Waals surface area (Å²) in [7, 11) is -1.84. The maximum absolute atomic E-state index is 11.5. The Labute approximate surface area is 92.0 Å². The molecule has 0 aliphatic heterocycles. The number of hydrogen-bond acceptors (Lipinski definition) is 4. The average Bonchev–Trinajstić information content (AvgIpc) is 2.21. The SMILES string of the molecule is CCOCCNS(=O)(=O)N(C)CCCN. The van der Waals surface area contributed by atoms with Crippen LogP contribution in [0.5, 0.6) is 0 Å². The Bertz CT molecular complexity index is 244. The normalized spacial score (nSPS) is 12.3. The highest BCUT2D eigenvalue weighted by Gasteiger charge is 2.15. The van der Waals surface area contributed by atoms with Gasteiger partial charge in [0.25, 0.3) is 10.2 Å². The van der Waals surface area contributed by atoms with E-state index in [1.807, 2.05) is 6.92 Å². The fourth-order valence-corrected chi connectivity index (χ4v) is 1.86. The molecule has 15 heavy (non-hydrogen) atoms. The second kappa shape index (κ2) is 8.00. The van der Waals surface area contributed by atoms with Gasteiger partial charge in [-0.05, 0) is 19.9 Å². The van der Waals surface area contributed by atoms with Gasteiger partial charge in [-0.25, -0.2) is 0 Å². The monoisotopic (exact) mass is 239 g/mol. The van der Waals surface area contributed by atoms with Gasteiger partial charge in [0.05, 0.1) is 6.61 Å². The van der Waals surface area contributed by atoms with Gasteiger partial charge in [0, 0.05) is 26.7 Å². The first-order chi connectivity index (χ1) is 7.04. The maximum atomic E-state index is 11.5. The van der Waals surface area contributed by atoms with Gasteiger partial charge in [0.15, 0.2) is 0 Å². The summed E-state index contributed by atoms with van der Waals surface area (Å²) in [6, 6.07) is 0. The predicted octanol–water partition coefficient (Wildman–Crippen LogP) is -0.862. The molecule has 0 heterocycles. The molecule has 0 aliphatic carbocycles. The van der Waals surface area contributed by atoms with Crippen LogP contribution in [0.15, 0.2) is 0 Å². The number of rotatable bonds is 9. The molecule has 3 N–H and O–H groups in total. The number of hydrogen-bond donors (Lipinski definition) is 2. The summed E-state index contributed by atoms with van der Waals surface area (Å²) in [6.07, 6.45) is 0.656. The standard InChI is InChI=1S/C8H21N3O3S/c1-3-14-8-6-10-15(12,13)11(2)7-4-5-9/h10H,3-9H2,1-2H3. The van der Waals surface area contributed by atoms with Crippen molar-refractivity contribution >= 4 is 10.2 Å². The first kappa shape index (κ1) is 14.8. The van der Waals surface area contributed by atoms with E-state index in [1.54, 1.807) is 0 Å². The largest absolute Gasteiger partial charge is 0.380 e. The zero-order chi connectivity index (χ0) is 11.7. The predicted molar refractivity (Wildman–Crippen MR) is 59.7 cm³/mol. The number of nitrogens with one attached hydrogen (secondary N) is 1. The topological polar surface area (TPSA) is 84.7 Å².